The van der Waals surface area contributed by atoms with E-state index in [9.17, 15) is 4.79 Å². The van der Waals surface area contributed by atoms with Crippen LogP contribution in [0.5, 0.6) is 0 Å². The fourth-order valence-electron chi connectivity index (χ4n) is 1.86. The van der Waals surface area contributed by atoms with Gasteiger partial charge >= 0.3 is 0 Å². The molecule has 5 heteroatoms. The first kappa shape index (κ1) is 17.6. The maximum Gasteiger partial charge on any atom is 0.253 e. The normalized spacial score (nSPS) is 11.9. The molecular formula is C16H24N2O2S. The molecule has 1 atom stereocenters. The number of hydrogen-bond donors (Lipinski definition) is 2. The molecule has 0 saturated heterocycles. The van der Waals surface area contributed by atoms with Crippen molar-refractivity contribution in [2.45, 2.75) is 45.6 Å². The Hall–Kier alpha value is -1.46. The standard InChI is InChI=1S/C16H24N2O2S/c1-3-4-5-6-10-20-12(2)16(19)18-14-9-7-8-13(11-14)15(17)21/h7-9,11-12H,3-6,10H2,1-2H3,(H2,17,21)(H,18,19). The van der Waals surface area contributed by atoms with E-state index >= 15 is 0 Å². The third-order valence-electron chi connectivity index (χ3n) is 3.15. The van der Waals surface area contributed by atoms with E-state index in [2.05, 4.69) is 12.2 Å². The van der Waals surface area contributed by atoms with Crippen molar-refractivity contribution in [2.75, 3.05) is 11.9 Å². The largest absolute Gasteiger partial charge is 0.389 e. The van der Waals surface area contributed by atoms with Gasteiger partial charge in [-0.15, -0.1) is 0 Å². The van der Waals surface area contributed by atoms with Crippen molar-refractivity contribution >= 4 is 28.8 Å². The summed E-state index contributed by atoms with van der Waals surface area (Å²) in [5, 5.41) is 2.81. The van der Waals surface area contributed by atoms with Crippen LogP contribution < -0.4 is 11.1 Å². The number of carbonyl (C=O) groups excluding carboxylic acids is 1. The lowest BCUT2D eigenvalue weighted by Crippen LogP contribution is -2.28. The molecule has 3 N–H and O–H groups in total. The molecule has 0 heterocycles. The summed E-state index contributed by atoms with van der Waals surface area (Å²) >= 11 is 4.92. The van der Waals surface area contributed by atoms with Gasteiger partial charge in [0.1, 0.15) is 11.1 Å². The van der Waals surface area contributed by atoms with Crippen molar-refractivity contribution in [3.63, 3.8) is 0 Å². The number of benzene rings is 1. The molecule has 0 bridgehead atoms. The second-order valence-electron chi connectivity index (χ2n) is 5.01. The highest BCUT2D eigenvalue weighted by molar-refractivity contribution is 7.80. The van der Waals surface area contributed by atoms with Gasteiger partial charge in [-0.1, -0.05) is 50.5 Å². The zero-order chi connectivity index (χ0) is 15.7. The highest BCUT2D eigenvalue weighted by atomic mass is 32.1. The number of nitrogens with one attached hydrogen (secondary N) is 1. The molecule has 0 saturated carbocycles. The topological polar surface area (TPSA) is 64.3 Å². The van der Waals surface area contributed by atoms with Gasteiger partial charge in [0.15, 0.2) is 0 Å². The molecule has 4 nitrogen and oxygen atoms in total. The molecule has 0 fully saturated rings. The zero-order valence-electron chi connectivity index (χ0n) is 12.7. The second kappa shape index (κ2) is 9.47. The summed E-state index contributed by atoms with van der Waals surface area (Å²) in [6, 6.07) is 7.17. The minimum Gasteiger partial charge on any atom is -0.389 e. The molecule has 0 aliphatic carbocycles. The van der Waals surface area contributed by atoms with Gasteiger partial charge in [-0.3, -0.25) is 4.79 Å². The van der Waals surface area contributed by atoms with E-state index in [1.54, 1.807) is 25.1 Å². The highest BCUT2D eigenvalue weighted by Crippen LogP contribution is 2.11. The van der Waals surface area contributed by atoms with E-state index in [4.69, 9.17) is 22.7 Å². The minimum absolute atomic E-state index is 0.161. The summed E-state index contributed by atoms with van der Waals surface area (Å²) in [6.45, 7) is 4.53. The number of thiocarbonyl (C=S) groups is 1. The van der Waals surface area contributed by atoms with Gasteiger partial charge in [-0.2, -0.15) is 0 Å². The van der Waals surface area contributed by atoms with Gasteiger partial charge in [0, 0.05) is 17.9 Å². The number of ether oxygens (including phenoxy) is 1. The van der Waals surface area contributed by atoms with E-state index in [-0.39, 0.29) is 5.91 Å². The van der Waals surface area contributed by atoms with Gasteiger partial charge in [0.25, 0.3) is 5.91 Å². The van der Waals surface area contributed by atoms with Gasteiger partial charge in [0.05, 0.1) is 0 Å². The fourth-order valence-corrected chi connectivity index (χ4v) is 1.99. The van der Waals surface area contributed by atoms with Crippen LogP contribution in [-0.2, 0) is 9.53 Å². The van der Waals surface area contributed by atoms with Crippen molar-refractivity contribution < 1.29 is 9.53 Å². The summed E-state index contributed by atoms with van der Waals surface area (Å²) in [6.07, 6.45) is 4.05. The second-order valence-corrected chi connectivity index (χ2v) is 5.45. The van der Waals surface area contributed by atoms with Crippen molar-refractivity contribution in [1.82, 2.24) is 0 Å². The first-order valence-electron chi connectivity index (χ1n) is 7.37. The third-order valence-corrected chi connectivity index (χ3v) is 3.39. The number of rotatable bonds is 9. The molecule has 0 radical (unpaired) electrons. The molecule has 0 aliphatic rings. The van der Waals surface area contributed by atoms with Crippen LogP contribution in [0.4, 0.5) is 5.69 Å². The molecule has 0 aliphatic heterocycles. The summed E-state index contributed by atoms with van der Waals surface area (Å²) in [4.78, 5) is 12.3. The van der Waals surface area contributed by atoms with Crippen LogP contribution in [0.15, 0.2) is 24.3 Å². The Morgan fingerprint density at radius 2 is 2.14 bits per heavy atom. The fraction of sp³-hybridized carbons (Fsp3) is 0.500. The molecule has 0 spiro atoms. The Kier molecular flexibility index (Phi) is 7.93. The van der Waals surface area contributed by atoms with Crippen LogP contribution in [0.2, 0.25) is 0 Å². The predicted molar refractivity (Wildman–Crippen MR) is 90.5 cm³/mol. The van der Waals surface area contributed by atoms with Crippen molar-refractivity contribution in [2.24, 2.45) is 5.73 Å². The third kappa shape index (κ3) is 6.69. The first-order chi connectivity index (χ1) is 10.0. The quantitative estimate of drug-likeness (QED) is 0.543. The average Bonchev–Trinajstić information content (AvgIpc) is 2.47. The molecule has 0 aromatic heterocycles. The number of nitrogens with two attached hydrogens (primary N) is 1. The molecule has 116 valence electrons. The summed E-state index contributed by atoms with van der Waals surface area (Å²) < 4.78 is 5.54. The molecule has 21 heavy (non-hydrogen) atoms. The predicted octanol–water partition coefficient (Wildman–Crippen LogP) is 3.24. The molecule has 1 aromatic rings. The molecule has 1 aromatic carbocycles. The van der Waals surface area contributed by atoms with Crippen molar-refractivity contribution in [3.8, 4) is 0 Å². The lowest BCUT2D eigenvalue weighted by molar-refractivity contribution is -0.126. The summed E-state index contributed by atoms with van der Waals surface area (Å²) in [5.41, 5.74) is 6.98. The van der Waals surface area contributed by atoms with Gasteiger partial charge < -0.3 is 15.8 Å². The number of carbonyl (C=O) groups is 1. The molecule has 1 rings (SSSR count). The summed E-state index contributed by atoms with van der Waals surface area (Å²) in [7, 11) is 0. The maximum absolute atomic E-state index is 12.0. The van der Waals surface area contributed by atoms with Crippen molar-refractivity contribution in [1.29, 1.82) is 0 Å². The maximum atomic E-state index is 12.0. The minimum atomic E-state index is -0.472. The number of amides is 1. The van der Waals surface area contributed by atoms with Crippen LogP contribution in [0.25, 0.3) is 0 Å². The smallest absolute Gasteiger partial charge is 0.253 e. The first-order valence-corrected chi connectivity index (χ1v) is 7.77. The highest BCUT2D eigenvalue weighted by Gasteiger charge is 2.13. The Morgan fingerprint density at radius 3 is 2.81 bits per heavy atom. The lowest BCUT2D eigenvalue weighted by Gasteiger charge is -2.13. The molecule has 1 unspecified atom stereocenters. The van der Waals surface area contributed by atoms with E-state index in [1.807, 2.05) is 6.07 Å². The average molecular weight is 308 g/mol. The van der Waals surface area contributed by atoms with Crippen LogP contribution >= 0.6 is 12.2 Å². The van der Waals surface area contributed by atoms with Crippen LogP contribution in [-0.4, -0.2) is 23.6 Å². The molecule has 1 amide bonds. The van der Waals surface area contributed by atoms with E-state index in [1.165, 1.54) is 12.8 Å². The Labute approximate surface area is 132 Å². The molecular weight excluding hydrogens is 284 g/mol. The Morgan fingerprint density at radius 1 is 1.38 bits per heavy atom. The zero-order valence-corrected chi connectivity index (χ0v) is 13.5. The van der Waals surface area contributed by atoms with Gasteiger partial charge in [-0.25, -0.2) is 0 Å². The van der Waals surface area contributed by atoms with Gasteiger partial charge in [0.2, 0.25) is 0 Å². The monoisotopic (exact) mass is 308 g/mol. The van der Waals surface area contributed by atoms with E-state index < -0.39 is 6.10 Å². The van der Waals surface area contributed by atoms with E-state index in [0.717, 1.165) is 18.4 Å². The van der Waals surface area contributed by atoms with E-state index in [0.29, 0.717) is 17.3 Å². The number of unbranched alkanes of at least 4 members (excludes halogenated alkanes) is 3. The van der Waals surface area contributed by atoms with Crippen LogP contribution in [0.1, 0.15) is 45.1 Å². The Bertz CT molecular complexity index is 477. The van der Waals surface area contributed by atoms with Gasteiger partial charge in [-0.05, 0) is 25.5 Å². The lowest BCUT2D eigenvalue weighted by atomic mass is 10.2. The summed E-state index contributed by atoms with van der Waals surface area (Å²) in [5.74, 6) is -0.161. The van der Waals surface area contributed by atoms with Crippen LogP contribution in [0, 0.1) is 0 Å². The Balaban J connectivity index is 2.41. The van der Waals surface area contributed by atoms with Crippen LogP contribution in [0.3, 0.4) is 0 Å². The number of anilines is 1. The van der Waals surface area contributed by atoms with Crippen molar-refractivity contribution in [3.05, 3.63) is 29.8 Å². The SMILES string of the molecule is CCCCCCOC(C)C(=O)Nc1cccc(C(N)=S)c1. The number of hydrogen-bond acceptors (Lipinski definition) is 3.